The normalized spacial score (nSPS) is 18.6. The van der Waals surface area contributed by atoms with E-state index in [0.29, 0.717) is 13.1 Å². The van der Waals surface area contributed by atoms with Gasteiger partial charge in [0, 0.05) is 39.0 Å². The topological polar surface area (TPSA) is 45.9 Å². The van der Waals surface area contributed by atoms with Crippen LogP contribution in [-0.4, -0.2) is 42.5 Å². The second kappa shape index (κ2) is 10.0. The number of hydrogen-bond acceptors (Lipinski definition) is 4. The van der Waals surface area contributed by atoms with Crippen LogP contribution >= 0.6 is 0 Å². The third kappa shape index (κ3) is 5.37. The molecule has 1 aromatic heterocycles. The summed E-state index contributed by atoms with van der Waals surface area (Å²) in [4.78, 5) is 16.7. The summed E-state index contributed by atoms with van der Waals surface area (Å²) in [6.07, 6.45) is 1.70. The molecule has 2 aromatic carbocycles. The lowest BCUT2D eigenvalue weighted by Gasteiger charge is -2.28. The highest BCUT2D eigenvalue weighted by molar-refractivity contribution is 5.73. The van der Waals surface area contributed by atoms with E-state index < -0.39 is 0 Å². The average Bonchev–Trinajstić information content (AvgIpc) is 3.45. The first kappa shape index (κ1) is 22.1. The molecule has 3 aromatic rings. The maximum Gasteiger partial charge on any atom is 0.219 e. The summed E-state index contributed by atoms with van der Waals surface area (Å²) in [7, 11) is 1.67. The van der Waals surface area contributed by atoms with Crippen molar-refractivity contribution in [2.45, 2.75) is 25.9 Å². The number of rotatable bonds is 8. The van der Waals surface area contributed by atoms with E-state index in [4.69, 9.17) is 9.15 Å². The molecule has 0 aliphatic carbocycles. The van der Waals surface area contributed by atoms with Gasteiger partial charge in [0.05, 0.1) is 19.9 Å². The van der Waals surface area contributed by atoms with E-state index in [-0.39, 0.29) is 23.6 Å². The molecule has 168 valence electrons. The first-order valence-corrected chi connectivity index (χ1v) is 10.9. The highest BCUT2D eigenvalue weighted by Gasteiger charge is 2.35. The number of ether oxygens (including phenoxy) is 1. The molecular weight excluding hydrogens is 407 g/mol. The molecule has 0 N–H and O–H groups in total. The second-order valence-corrected chi connectivity index (χ2v) is 8.44. The predicted octanol–water partition coefficient (Wildman–Crippen LogP) is 4.69. The van der Waals surface area contributed by atoms with Gasteiger partial charge < -0.3 is 14.1 Å². The Balaban J connectivity index is 1.53. The maximum atomic E-state index is 13.3. The summed E-state index contributed by atoms with van der Waals surface area (Å²) >= 11 is 0. The van der Waals surface area contributed by atoms with Gasteiger partial charge in [0.15, 0.2) is 0 Å². The van der Waals surface area contributed by atoms with Crippen molar-refractivity contribution in [3.63, 3.8) is 0 Å². The molecule has 0 bridgehead atoms. The van der Waals surface area contributed by atoms with Crippen LogP contribution < -0.4 is 4.74 Å². The molecule has 5 nitrogen and oxygen atoms in total. The van der Waals surface area contributed by atoms with E-state index >= 15 is 0 Å². The van der Waals surface area contributed by atoms with Crippen molar-refractivity contribution in [3.05, 3.63) is 89.6 Å². The SMILES string of the molecule is COc1ccc([C@H]2CN(Cc3ccco3)C[C@H]2CN(Cc2ccc(F)cc2)C(C)=O)cc1. The van der Waals surface area contributed by atoms with E-state index in [0.717, 1.165) is 36.7 Å². The summed E-state index contributed by atoms with van der Waals surface area (Å²) in [6, 6.07) is 18.5. The minimum absolute atomic E-state index is 0.0206. The zero-order valence-corrected chi connectivity index (χ0v) is 18.5. The highest BCUT2D eigenvalue weighted by atomic mass is 19.1. The second-order valence-electron chi connectivity index (χ2n) is 8.44. The first-order chi connectivity index (χ1) is 15.5. The zero-order chi connectivity index (χ0) is 22.5. The zero-order valence-electron chi connectivity index (χ0n) is 18.5. The monoisotopic (exact) mass is 436 g/mol. The summed E-state index contributed by atoms with van der Waals surface area (Å²) < 4.78 is 24.2. The van der Waals surface area contributed by atoms with Crippen molar-refractivity contribution in [1.29, 1.82) is 0 Å². The molecule has 2 atom stereocenters. The van der Waals surface area contributed by atoms with E-state index in [1.54, 1.807) is 32.4 Å². The van der Waals surface area contributed by atoms with E-state index in [2.05, 4.69) is 17.0 Å². The lowest BCUT2D eigenvalue weighted by molar-refractivity contribution is -0.130. The molecule has 1 aliphatic rings. The smallest absolute Gasteiger partial charge is 0.219 e. The number of likely N-dealkylation sites (tertiary alicyclic amines) is 1. The molecular formula is C26H29FN2O3. The molecule has 0 radical (unpaired) electrons. The number of carbonyl (C=O) groups is 1. The molecule has 1 saturated heterocycles. The molecule has 2 heterocycles. The van der Waals surface area contributed by atoms with Crippen LogP contribution in [-0.2, 0) is 17.9 Å². The Hall–Kier alpha value is -3.12. The quantitative estimate of drug-likeness (QED) is 0.514. The van der Waals surface area contributed by atoms with Crippen LogP contribution in [0.3, 0.4) is 0 Å². The van der Waals surface area contributed by atoms with Gasteiger partial charge in [-0.05, 0) is 53.4 Å². The summed E-state index contributed by atoms with van der Waals surface area (Å²) in [5.74, 6) is 2.07. The number of amides is 1. The molecule has 0 spiro atoms. The molecule has 1 fully saturated rings. The van der Waals surface area contributed by atoms with Crippen molar-refractivity contribution >= 4 is 5.91 Å². The van der Waals surface area contributed by atoms with Gasteiger partial charge in [-0.25, -0.2) is 4.39 Å². The summed E-state index contributed by atoms with van der Waals surface area (Å²) in [5.41, 5.74) is 2.16. The fourth-order valence-electron chi connectivity index (χ4n) is 4.52. The van der Waals surface area contributed by atoms with Crippen molar-refractivity contribution < 1.29 is 18.3 Å². The Morgan fingerprint density at radius 2 is 1.88 bits per heavy atom. The van der Waals surface area contributed by atoms with Gasteiger partial charge in [0.1, 0.15) is 17.3 Å². The van der Waals surface area contributed by atoms with Crippen molar-refractivity contribution in [2.75, 3.05) is 26.7 Å². The van der Waals surface area contributed by atoms with E-state index in [9.17, 15) is 9.18 Å². The van der Waals surface area contributed by atoms with Crippen molar-refractivity contribution in [2.24, 2.45) is 5.92 Å². The number of hydrogen-bond donors (Lipinski definition) is 0. The van der Waals surface area contributed by atoms with Crippen LogP contribution in [0.1, 0.15) is 29.7 Å². The number of halogens is 1. The Kier molecular flexibility index (Phi) is 6.90. The molecule has 6 heteroatoms. The van der Waals surface area contributed by atoms with Gasteiger partial charge in [0.2, 0.25) is 5.91 Å². The fraction of sp³-hybridized carbons (Fsp3) is 0.346. The van der Waals surface area contributed by atoms with Crippen LogP contribution in [0.5, 0.6) is 5.75 Å². The minimum Gasteiger partial charge on any atom is -0.497 e. The Labute approximate surface area is 188 Å². The summed E-state index contributed by atoms with van der Waals surface area (Å²) in [6.45, 7) is 5.21. The van der Waals surface area contributed by atoms with Crippen LogP contribution in [0, 0.1) is 11.7 Å². The van der Waals surface area contributed by atoms with Crippen LogP contribution in [0.2, 0.25) is 0 Å². The molecule has 1 amide bonds. The van der Waals surface area contributed by atoms with Crippen LogP contribution in [0.4, 0.5) is 4.39 Å². The Morgan fingerprint density at radius 1 is 1.12 bits per heavy atom. The summed E-state index contributed by atoms with van der Waals surface area (Å²) in [5, 5.41) is 0. The molecule has 1 aliphatic heterocycles. The molecule has 0 unspecified atom stereocenters. The number of benzene rings is 2. The van der Waals surface area contributed by atoms with E-state index in [1.807, 2.05) is 29.2 Å². The number of furan rings is 1. The lowest BCUT2D eigenvalue weighted by atomic mass is 9.88. The van der Waals surface area contributed by atoms with Gasteiger partial charge >= 0.3 is 0 Å². The largest absolute Gasteiger partial charge is 0.497 e. The lowest BCUT2D eigenvalue weighted by Crippen LogP contribution is -2.35. The van der Waals surface area contributed by atoms with Gasteiger partial charge in [-0.15, -0.1) is 0 Å². The minimum atomic E-state index is -0.271. The fourth-order valence-corrected chi connectivity index (χ4v) is 4.52. The average molecular weight is 437 g/mol. The van der Waals surface area contributed by atoms with Crippen LogP contribution in [0.25, 0.3) is 0 Å². The van der Waals surface area contributed by atoms with Crippen molar-refractivity contribution in [1.82, 2.24) is 9.80 Å². The number of methoxy groups -OCH3 is 1. The van der Waals surface area contributed by atoms with Gasteiger partial charge in [0.25, 0.3) is 0 Å². The molecule has 0 saturated carbocycles. The van der Waals surface area contributed by atoms with Gasteiger partial charge in [-0.2, -0.15) is 0 Å². The number of carbonyl (C=O) groups excluding carboxylic acids is 1. The van der Waals surface area contributed by atoms with Gasteiger partial charge in [-0.3, -0.25) is 9.69 Å². The Bertz CT molecular complexity index is 1000. The Morgan fingerprint density at radius 3 is 2.50 bits per heavy atom. The van der Waals surface area contributed by atoms with Crippen molar-refractivity contribution in [3.8, 4) is 5.75 Å². The highest BCUT2D eigenvalue weighted by Crippen LogP contribution is 2.35. The maximum absolute atomic E-state index is 13.3. The number of nitrogens with zero attached hydrogens (tertiary/aromatic N) is 2. The first-order valence-electron chi connectivity index (χ1n) is 10.9. The third-order valence-electron chi connectivity index (χ3n) is 6.21. The van der Waals surface area contributed by atoms with Gasteiger partial charge in [-0.1, -0.05) is 24.3 Å². The van der Waals surface area contributed by atoms with E-state index in [1.165, 1.54) is 17.7 Å². The standard InChI is InChI=1S/C26H29FN2O3/c1-19(30)29(14-20-5-9-23(27)10-6-20)16-22-15-28(17-25-4-3-13-32-25)18-26(22)21-7-11-24(31-2)12-8-21/h3-13,22,26H,14-18H2,1-2H3/t22-,26+/m0/s1. The third-order valence-corrected chi connectivity index (χ3v) is 6.21. The predicted molar refractivity (Wildman–Crippen MR) is 121 cm³/mol. The molecule has 4 rings (SSSR count). The van der Waals surface area contributed by atoms with Crippen LogP contribution in [0.15, 0.2) is 71.3 Å². The molecule has 32 heavy (non-hydrogen) atoms.